The molecule has 1 fully saturated rings. The Labute approximate surface area is 111 Å². The van der Waals surface area contributed by atoms with Crippen LogP contribution < -0.4 is 11.3 Å². The van der Waals surface area contributed by atoms with Crippen molar-refractivity contribution in [2.24, 2.45) is 5.84 Å². The van der Waals surface area contributed by atoms with Crippen LogP contribution in [0, 0.1) is 5.82 Å². The van der Waals surface area contributed by atoms with Gasteiger partial charge in [0.05, 0.1) is 16.7 Å². The minimum atomic E-state index is -0.401. The van der Waals surface area contributed by atoms with E-state index in [0.29, 0.717) is 6.42 Å². The summed E-state index contributed by atoms with van der Waals surface area (Å²) in [4.78, 5) is 0. The molecule has 1 aromatic carbocycles. The van der Waals surface area contributed by atoms with Gasteiger partial charge >= 0.3 is 0 Å². The zero-order valence-electron chi connectivity index (χ0n) is 10.4. The topological polar surface area (TPSA) is 47.3 Å². The third-order valence-corrected chi connectivity index (χ3v) is 3.92. The molecule has 1 saturated heterocycles. The van der Waals surface area contributed by atoms with E-state index in [1.807, 2.05) is 13.0 Å². The molecule has 0 aliphatic carbocycles. The average molecular weight is 273 g/mol. The van der Waals surface area contributed by atoms with Crippen molar-refractivity contribution in [1.29, 1.82) is 0 Å². The Morgan fingerprint density at radius 2 is 2.39 bits per heavy atom. The van der Waals surface area contributed by atoms with Crippen LogP contribution in [0.25, 0.3) is 0 Å². The van der Waals surface area contributed by atoms with Crippen molar-refractivity contribution >= 4 is 11.6 Å². The average Bonchev–Trinajstić information content (AvgIpc) is 2.78. The molecule has 0 radical (unpaired) electrons. The first-order chi connectivity index (χ1) is 8.55. The lowest BCUT2D eigenvalue weighted by molar-refractivity contribution is -0.0115. The van der Waals surface area contributed by atoms with Gasteiger partial charge in [0, 0.05) is 6.61 Å². The predicted molar refractivity (Wildman–Crippen MR) is 69.8 cm³/mol. The van der Waals surface area contributed by atoms with Gasteiger partial charge in [0.25, 0.3) is 0 Å². The molecular weight excluding hydrogens is 255 g/mol. The lowest BCUT2D eigenvalue weighted by Gasteiger charge is -2.33. The second-order valence-corrected chi connectivity index (χ2v) is 5.34. The fourth-order valence-electron chi connectivity index (χ4n) is 2.43. The van der Waals surface area contributed by atoms with Gasteiger partial charge in [-0.15, -0.1) is 0 Å². The van der Waals surface area contributed by atoms with Crippen LogP contribution >= 0.6 is 11.6 Å². The lowest BCUT2D eigenvalue weighted by Crippen LogP contribution is -2.52. The van der Waals surface area contributed by atoms with Crippen molar-refractivity contribution in [2.45, 2.75) is 37.8 Å². The SMILES string of the molecule is CC1(C(Cc2ccc(Cl)c(F)c2)NN)CCCO1. The number of nitrogens with two attached hydrogens (primary N) is 1. The Balaban J connectivity index is 2.12. The molecule has 0 aromatic heterocycles. The van der Waals surface area contributed by atoms with Gasteiger partial charge in [0.15, 0.2) is 0 Å². The van der Waals surface area contributed by atoms with Crippen LogP contribution in [0.2, 0.25) is 5.02 Å². The maximum atomic E-state index is 13.4. The van der Waals surface area contributed by atoms with Crippen molar-refractivity contribution < 1.29 is 9.13 Å². The van der Waals surface area contributed by atoms with E-state index in [2.05, 4.69) is 5.43 Å². The van der Waals surface area contributed by atoms with Crippen LogP contribution in [-0.4, -0.2) is 18.2 Å². The zero-order valence-corrected chi connectivity index (χ0v) is 11.1. The van der Waals surface area contributed by atoms with Crippen LogP contribution in [0.15, 0.2) is 18.2 Å². The number of hydrazine groups is 1. The number of nitrogens with one attached hydrogen (secondary N) is 1. The quantitative estimate of drug-likeness (QED) is 0.654. The molecule has 0 saturated carbocycles. The summed E-state index contributed by atoms with van der Waals surface area (Å²) in [6.07, 6.45) is 2.60. The highest BCUT2D eigenvalue weighted by molar-refractivity contribution is 6.30. The molecule has 3 nitrogen and oxygen atoms in total. The normalized spacial score (nSPS) is 25.3. The van der Waals surface area contributed by atoms with Gasteiger partial charge in [0.2, 0.25) is 0 Å². The van der Waals surface area contributed by atoms with Gasteiger partial charge in [0.1, 0.15) is 5.82 Å². The molecule has 100 valence electrons. The third kappa shape index (κ3) is 2.83. The van der Waals surface area contributed by atoms with Crippen LogP contribution in [0.5, 0.6) is 0 Å². The fourth-order valence-corrected chi connectivity index (χ4v) is 2.55. The summed E-state index contributed by atoms with van der Waals surface area (Å²) in [5.41, 5.74) is 3.36. The van der Waals surface area contributed by atoms with E-state index >= 15 is 0 Å². The summed E-state index contributed by atoms with van der Waals surface area (Å²) >= 11 is 5.67. The molecule has 3 N–H and O–H groups in total. The van der Waals surface area contributed by atoms with Crippen molar-refractivity contribution in [1.82, 2.24) is 5.43 Å². The van der Waals surface area contributed by atoms with Crippen molar-refractivity contribution in [2.75, 3.05) is 6.61 Å². The number of rotatable bonds is 4. The first kappa shape index (κ1) is 13.7. The molecule has 1 heterocycles. The Morgan fingerprint density at radius 3 is 2.94 bits per heavy atom. The Kier molecular flexibility index (Phi) is 4.22. The molecule has 0 spiro atoms. The Morgan fingerprint density at radius 1 is 1.61 bits per heavy atom. The predicted octanol–water partition coefficient (Wildman–Crippen LogP) is 2.42. The molecule has 2 unspecified atom stereocenters. The molecule has 1 aliphatic rings. The molecule has 1 aliphatic heterocycles. The molecular formula is C13H18ClFN2O. The number of hydrogen-bond donors (Lipinski definition) is 2. The Hall–Kier alpha value is -0.680. The van der Waals surface area contributed by atoms with E-state index in [9.17, 15) is 4.39 Å². The van der Waals surface area contributed by atoms with Crippen molar-refractivity contribution in [3.63, 3.8) is 0 Å². The standard InChI is InChI=1S/C13H18ClFN2O/c1-13(5-2-6-18-13)12(17-16)8-9-3-4-10(14)11(15)7-9/h3-4,7,12,17H,2,5-6,8,16H2,1H3. The summed E-state index contributed by atoms with van der Waals surface area (Å²) in [6.45, 7) is 2.79. The van der Waals surface area contributed by atoms with Gasteiger partial charge in [-0.2, -0.15) is 0 Å². The van der Waals surface area contributed by atoms with Crippen molar-refractivity contribution in [3.05, 3.63) is 34.6 Å². The Bertz CT molecular complexity index is 421. The van der Waals surface area contributed by atoms with E-state index in [1.54, 1.807) is 6.07 Å². The number of benzene rings is 1. The smallest absolute Gasteiger partial charge is 0.142 e. The summed E-state index contributed by atoms with van der Waals surface area (Å²) in [6, 6.07) is 4.79. The highest BCUT2D eigenvalue weighted by atomic mass is 35.5. The van der Waals surface area contributed by atoms with E-state index in [4.69, 9.17) is 22.2 Å². The van der Waals surface area contributed by atoms with Crippen molar-refractivity contribution in [3.8, 4) is 0 Å². The fraction of sp³-hybridized carbons (Fsp3) is 0.538. The van der Waals surface area contributed by atoms with E-state index < -0.39 is 5.82 Å². The molecule has 2 atom stereocenters. The second-order valence-electron chi connectivity index (χ2n) is 4.94. The van der Waals surface area contributed by atoms with E-state index in [0.717, 1.165) is 25.0 Å². The monoisotopic (exact) mass is 272 g/mol. The van der Waals surface area contributed by atoms with E-state index in [-0.39, 0.29) is 16.7 Å². The van der Waals surface area contributed by atoms with Gasteiger partial charge in [-0.05, 0) is 43.9 Å². The summed E-state index contributed by atoms with van der Waals surface area (Å²) in [5.74, 6) is 5.20. The summed E-state index contributed by atoms with van der Waals surface area (Å²) < 4.78 is 19.1. The van der Waals surface area contributed by atoms with Gasteiger partial charge < -0.3 is 4.74 Å². The highest BCUT2D eigenvalue weighted by Gasteiger charge is 2.37. The minimum Gasteiger partial charge on any atom is -0.374 e. The molecule has 5 heteroatoms. The van der Waals surface area contributed by atoms with Crippen LogP contribution in [0.4, 0.5) is 4.39 Å². The van der Waals surface area contributed by atoms with Crippen LogP contribution in [0.3, 0.4) is 0 Å². The van der Waals surface area contributed by atoms with Gasteiger partial charge in [-0.1, -0.05) is 17.7 Å². The van der Waals surface area contributed by atoms with Crippen LogP contribution in [0.1, 0.15) is 25.3 Å². The zero-order chi connectivity index (χ0) is 13.2. The van der Waals surface area contributed by atoms with Gasteiger partial charge in [-0.3, -0.25) is 11.3 Å². The maximum absolute atomic E-state index is 13.4. The molecule has 0 amide bonds. The highest BCUT2D eigenvalue weighted by Crippen LogP contribution is 2.30. The maximum Gasteiger partial charge on any atom is 0.142 e. The number of hydrogen-bond acceptors (Lipinski definition) is 3. The molecule has 2 rings (SSSR count). The second kappa shape index (κ2) is 5.53. The molecule has 0 bridgehead atoms. The summed E-state index contributed by atoms with van der Waals surface area (Å²) in [7, 11) is 0. The van der Waals surface area contributed by atoms with E-state index in [1.165, 1.54) is 6.07 Å². The molecule has 1 aromatic rings. The van der Waals surface area contributed by atoms with Gasteiger partial charge in [-0.25, -0.2) is 4.39 Å². The third-order valence-electron chi connectivity index (χ3n) is 3.61. The minimum absolute atomic E-state index is 0.0411. The first-order valence-electron chi connectivity index (χ1n) is 6.09. The number of halogens is 2. The molecule has 18 heavy (non-hydrogen) atoms. The largest absolute Gasteiger partial charge is 0.374 e. The lowest BCUT2D eigenvalue weighted by atomic mass is 9.89. The number of ether oxygens (including phenoxy) is 1. The van der Waals surface area contributed by atoms with Crippen LogP contribution in [-0.2, 0) is 11.2 Å². The summed E-state index contributed by atoms with van der Waals surface area (Å²) in [5, 5.41) is 0.138. The first-order valence-corrected chi connectivity index (χ1v) is 6.47.